The number of halogens is 8. The average Bonchev–Trinajstić information content (AvgIpc) is 3.37. The number of Topliss-reactive ketones (excluding diaryl/α,β-unsaturated/α-hetero) is 1. The Bertz CT molecular complexity index is 1350. The summed E-state index contributed by atoms with van der Waals surface area (Å²) in [5.41, 5.74) is 0.725. The minimum atomic E-state index is -1.46. The maximum Gasteiger partial charge on any atom is 0.231 e. The summed E-state index contributed by atoms with van der Waals surface area (Å²) >= 11 is 25.2. The van der Waals surface area contributed by atoms with E-state index >= 15 is 0 Å². The molecule has 0 heterocycles. The van der Waals surface area contributed by atoms with Gasteiger partial charge in [-0.05, 0) is 79.4 Å². The first-order chi connectivity index (χ1) is 16.4. The minimum absolute atomic E-state index is 0.00434. The Morgan fingerprint density at radius 1 is 0.971 bits per heavy atom. The van der Waals surface area contributed by atoms with Gasteiger partial charge >= 0.3 is 0 Å². The molecule has 4 rings (SSSR count). The highest BCUT2D eigenvalue weighted by atomic mass is 79.9. The van der Waals surface area contributed by atoms with Crippen LogP contribution in [0.4, 0.5) is 18.9 Å². The molecule has 182 valence electrons. The van der Waals surface area contributed by atoms with Crippen LogP contribution in [0, 0.1) is 23.4 Å². The molecule has 1 N–H and O–H groups in total. The number of amides is 1. The van der Waals surface area contributed by atoms with E-state index in [1.54, 1.807) is 6.07 Å². The van der Waals surface area contributed by atoms with E-state index in [9.17, 15) is 22.8 Å². The molecule has 0 radical (unpaired) electrons. The van der Waals surface area contributed by atoms with Crippen LogP contribution in [0.3, 0.4) is 0 Å². The van der Waals surface area contributed by atoms with E-state index < -0.39 is 45.3 Å². The first-order valence-electron chi connectivity index (χ1n) is 10.00. The van der Waals surface area contributed by atoms with Crippen LogP contribution < -0.4 is 5.32 Å². The summed E-state index contributed by atoms with van der Waals surface area (Å²) in [5.74, 6) is -4.77. The summed E-state index contributed by atoms with van der Waals surface area (Å²) in [6.07, 6.45) is -0.357. The van der Waals surface area contributed by atoms with Gasteiger partial charge in [-0.3, -0.25) is 9.59 Å². The number of benzene rings is 3. The van der Waals surface area contributed by atoms with E-state index in [4.69, 9.17) is 34.8 Å². The molecule has 1 saturated carbocycles. The Morgan fingerprint density at radius 3 is 2.34 bits per heavy atom. The van der Waals surface area contributed by atoms with E-state index in [0.717, 1.165) is 6.07 Å². The van der Waals surface area contributed by atoms with Crippen LogP contribution in [0.2, 0.25) is 5.02 Å². The van der Waals surface area contributed by atoms with Crippen molar-refractivity contribution in [3.8, 4) is 0 Å². The van der Waals surface area contributed by atoms with Crippen molar-refractivity contribution in [3.05, 3.63) is 96.6 Å². The van der Waals surface area contributed by atoms with Gasteiger partial charge < -0.3 is 5.32 Å². The molecule has 1 fully saturated rings. The molecule has 2 unspecified atom stereocenters. The van der Waals surface area contributed by atoms with Crippen LogP contribution >= 0.6 is 66.7 Å². The van der Waals surface area contributed by atoms with Crippen LogP contribution in [0.25, 0.3) is 0 Å². The number of anilines is 1. The van der Waals surface area contributed by atoms with E-state index in [1.165, 1.54) is 30.3 Å². The minimum Gasteiger partial charge on any atom is -0.326 e. The fourth-order valence-electron chi connectivity index (χ4n) is 3.79. The van der Waals surface area contributed by atoms with Gasteiger partial charge in [0.05, 0.1) is 15.4 Å². The zero-order valence-electron chi connectivity index (χ0n) is 17.3. The highest BCUT2D eigenvalue weighted by Crippen LogP contribution is 2.65. The number of carbonyl (C=O) groups excluding carboxylic acids is 2. The number of alkyl halides is 2. The Morgan fingerprint density at radius 2 is 1.69 bits per heavy atom. The van der Waals surface area contributed by atoms with Gasteiger partial charge in [0.2, 0.25) is 5.91 Å². The number of rotatable bonds is 6. The SMILES string of the molecule is O=C(Cc1ccc(F)cc1F)c1cc(NC(=O)C2C(c3cc(F)c(Br)c(Br)c3)C2(Cl)Cl)ccc1Cl. The number of hydrogen-bond acceptors (Lipinski definition) is 2. The lowest BCUT2D eigenvalue weighted by atomic mass is 10.0. The fourth-order valence-corrected chi connectivity index (χ4v) is 5.53. The van der Waals surface area contributed by atoms with Gasteiger partial charge in [-0.2, -0.15) is 0 Å². The molecule has 0 aromatic heterocycles. The van der Waals surface area contributed by atoms with Crippen molar-refractivity contribution in [1.29, 1.82) is 0 Å². The number of ketones is 1. The highest BCUT2D eigenvalue weighted by molar-refractivity contribution is 9.13. The van der Waals surface area contributed by atoms with Crippen LogP contribution in [-0.2, 0) is 11.2 Å². The normalized spacial score (nSPS) is 18.3. The monoisotopic (exact) mass is 667 g/mol. The van der Waals surface area contributed by atoms with Crippen LogP contribution in [0.5, 0.6) is 0 Å². The molecular weight excluding hydrogens is 657 g/mol. The van der Waals surface area contributed by atoms with Crippen LogP contribution in [-0.4, -0.2) is 16.0 Å². The Hall–Kier alpha value is -1.58. The third-order valence-corrected chi connectivity index (χ3v) is 8.84. The zero-order chi connectivity index (χ0) is 25.7. The van der Waals surface area contributed by atoms with Crippen molar-refractivity contribution >= 4 is 84.0 Å². The first kappa shape index (κ1) is 26.5. The van der Waals surface area contributed by atoms with Gasteiger partial charge in [0, 0.05) is 34.1 Å². The lowest BCUT2D eigenvalue weighted by Gasteiger charge is -2.10. The molecule has 1 aliphatic carbocycles. The van der Waals surface area contributed by atoms with E-state index in [0.29, 0.717) is 16.1 Å². The zero-order valence-corrected chi connectivity index (χ0v) is 22.8. The molecule has 3 aromatic carbocycles. The molecular formula is C24H13Br2Cl3F3NO2. The largest absolute Gasteiger partial charge is 0.326 e. The lowest BCUT2D eigenvalue weighted by Crippen LogP contribution is -2.17. The quantitative estimate of drug-likeness (QED) is 0.163. The Balaban J connectivity index is 1.52. The van der Waals surface area contributed by atoms with E-state index in [2.05, 4.69) is 37.2 Å². The molecule has 1 aliphatic rings. The Labute approximate surface area is 230 Å². The molecule has 3 aromatic rings. The number of hydrogen-bond donors (Lipinski definition) is 1. The first-order valence-corrected chi connectivity index (χ1v) is 12.7. The lowest BCUT2D eigenvalue weighted by molar-refractivity contribution is -0.117. The summed E-state index contributed by atoms with van der Waals surface area (Å²) in [6, 6.07) is 10.0. The smallest absolute Gasteiger partial charge is 0.231 e. The fraction of sp³-hybridized carbons (Fsp3) is 0.167. The van der Waals surface area contributed by atoms with Gasteiger partial charge in [0.15, 0.2) is 5.78 Å². The summed E-state index contributed by atoms with van der Waals surface area (Å²) in [6.45, 7) is 0. The molecule has 2 atom stereocenters. The number of carbonyl (C=O) groups is 2. The van der Waals surface area contributed by atoms with Crippen molar-refractivity contribution in [2.24, 2.45) is 5.92 Å². The second kappa shape index (κ2) is 10.1. The highest BCUT2D eigenvalue weighted by Gasteiger charge is 2.67. The molecule has 0 bridgehead atoms. The summed E-state index contributed by atoms with van der Waals surface area (Å²) in [4.78, 5) is 25.7. The van der Waals surface area contributed by atoms with Crippen LogP contribution in [0.15, 0.2) is 57.5 Å². The second-order valence-corrected chi connectivity index (χ2v) is 11.4. The molecule has 0 spiro atoms. The summed E-state index contributed by atoms with van der Waals surface area (Å²) in [5, 5.41) is 2.74. The molecule has 3 nitrogen and oxygen atoms in total. The van der Waals surface area contributed by atoms with Crippen molar-refractivity contribution in [2.45, 2.75) is 16.7 Å². The van der Waals surface area contributed by atoms with Gasteiger partial charge in [-0.1, -0.05) is 17.7 Å². The van der Waals surface area contributed by atoms with Crippen molar-refractivity contribution in [2.75, 3.05) is 5.32 Å². The predicted octanol–water partition coefficient (Wildman–Crippen LogP) is 8.23. The maximum absolute atomic E-state index is 14.2. The molecule has 0 saturated heterocycles. The second-order valence-electron chi connectivity index (χ2n) is 7.95. The summed E-state index contributed by atoms with van der Waals surface area (Å²) in [7, 11) is 0. The standard InChI is InChI=1S/C24H13Br2Cl3F3NO2/c25-15-5-11(6-18(32)22(15)26)20-21(24(20,28)29)23(35)33-13-3-4-16(27)14(9-13)19(34)7-10-1-2-12(30)8-17(10)31/h1-6,8-9,20-21H,7H2,(H,33,35). The molecule has 0 aliphatic heterocycles. The van der Waals surface area contributed by atoms with Gasteiger partial charge in [-0.25, -0.2) is 13.2 Å². The Kier molecular flexibility index (Phi) is 7.61. The van der Waals surface area contributed by atoms with E-state index in [-0.39, 0.29) is 32.7 Å². The predicted molar refractivity (Wildman–Crippen MR) is 137 cm³/mol. The molecule has 11 heteroatoms. The van der Waals surface area contributed by atoms with Gasteiger partial charge in [0.25, 0.3) is 0 Å². The maximum atomic E-state index is 14.2. The summed E-state index contributed by atoms with van der Waals surface area (Å²) < 4.78 is 40.5. The van der Waals surface area contributed by atoms with Gasteiger partial charge in [-0.15, -0.1) is 23.2 Å². The third-order valence-electron chi connectivity index (χ3n) is 5.60. The average molecular weight is 671 g/mol. The third kappa shape index (κ3) is 5.42. The molecule has 1 amide bonds. The van der Waals surface area contributed by atoms with Gasteiger partial charge in [0.1, 0.15) is 21.8 Å². The molecule has 35 heavy (non-hydrogen) atoms. The topological polar surface area (TPSA) is 46.2 Å². The number of nitrogens with one attached hydrogen (secondary N) is 1. The van der Waals surface area contributed by atoms with Crippen molar-refractivity contribution < 1.29 is 22.8 Å². The van der Waals surface area contributed by atoms with Crippen molar-refractivity contribution in [3.63, 3.8) is 0 Å². The van der Waals surface area contributed by atoms with Crippen molar-refractivity contribution in [1.82, 2.24) is 0 Å². The van der Waals surface area contributed by atoms with E-state index in [1.807, 2.05) is 0 Å². The van der Waals surface area contributed by atoms with Crippen LogP contribution in [0.1, 0.15) is 27.4 Å².